The van der Waals surface area contributed by atoms with Crippen LogP contribution in [-0.4, -0.2) is 18.9 Å². The molecule has 0 aliphatic rings. The van der Waals surface area contributed by atoms with Crippen LogP contribution in [0.15, 0.2) is 0 Å². The quantitative estimate of drug-likeness (QED) is 0.514. The Balaban J connectivity index is 4.53. The molecule has 0 aromatic heterocycles. The first kappa shape index (κ1) is 13.0. The molecule has 0 rings (SSSR count). The third-order valence-electron chi connectivity index (χ3n) is 2.10. The third-order valence-corrected chi connectivity index (χ3v) is 2.10. The molecule has 0 saturated carbocycles. The maximum atomic E-state index is 11.6. The number of hydrogen-bond donors (Lipinski definition) is 0. The Hall–Kier alpha value is -0.990. The van der Waals surface area contributed by atoms with E-state index < -0.39 is 10.8 Å². The van der Waals surface area contributed by atoms with Gasteiger partial charge >= 0.3 is 5.97 Å². The van der Waals surface area contributed by atoms with Gasteiger partial charge in [0.15, 0.2) is 11.2 Å². The Morgan fingerprint density at radius 1 is 1.21 bits per heavy atom. The highest BCUT2D eigenvalue weighted by Gasteiger charge is 2.38. The van der Waals surface area contributed by atoms with E-state index in [4.69, 9.17) is 0 Å². The molecule has 3 heteroatoms. The summed E-state index contributed by atoms with van der Waals surface area (Å²) in [6.45, 7) is 10.6. The van der Waals surface area contributed by atoms with Crippen LogP contribution >= 0.6 is 0 Å². The molecule has 0 atom stereocenters. The highest BCUT2D eigenvalue weighted by atomic mass is 16.5. The zero-order chi connectivity index (χ0) is 11.6. The van der Waals surface area contributed by atoms with E-state index in [1.54, 1.807) is 27.7 Å². The Morgan fingerprint density at radius 2 is 1.64 bits per heavy atom. The van der Waals surface area contributed by atoms with Gasteiger partial charge in [-0.25, -0.2) is 0 Å². The number of Topliss-reactive ketones (excluding diaryl/α,β-unsaturated/α-hetero) is 1. The van der Waals surface area contributed by atoms with Crippen molar-refractivity contribution in [2.24, 2.45) is 10.8 Å². The molecule has 80 valence electrons. The highest BCUT2D eigenvalue weighted by Crippen LogP contribution is 2.28. The van der Waals surface area contributed by atoms with Crippen molar-refractivity contribution in [1.29, 1.82) is 0 Å². The average molecular weight is 199 g/mol. The minimum atomic E-state index is -0.763. The van der Waals surface area contributed by atoms with Crippen LogP contribution < -0.4 is 0 Å². The molecule has 0 aromatic carbocycles. The van der Waals surface area contributed by atoms with Gasteiger partial charge in [-0.15, -0.1) is 0 Å². The van der Waals surface area contributed by atoms with E-state index in [1.165, 1.54) is 7.11 Å². The summed E-state index contributed by atoms with van der Waals surface area (Å²) in [6.07, 6.45) is 0.163. The maximum Gasteiger partial charge on any atom is 0.311 e. The third kappa shape index (κ3) is 3.40. The van der Waals surface area contributed by atoms with Crippen molar-refractivity contribution >= 4 is 11.8 Å². The van der Waals surface area contributed by atoms with Gasteiger partial charge in [0.05, 0.1) is 19.4 Å². The molecule has 3 nitrogen and oxygen atoms in total. The molecule has 0 N–H and O–H groups in total. The van der Waals surface area contributed by atoms with Crippen molar-refractivity contribution < 1.29 is 14.3 Å². The number of carbonyl (C=O) groups excluding carboxylic acids is 2. The summed E-state index contributed by atoms with van der Waals surface area (Å²) >= 11 is 0. The van der Waals surface area contributed by atoms with Crippen molar-refractivity contribution in [3.63, 3.8) is 0 Å². The Labute approximate surface area is 85.8 Å². The van der Waals surface area contributed by atoms with E-state index in [-0.39, 0.29) is 18.2 Å². The SMILES string of the molecule is [CH2+]C(C)(C)C(=O)CC(C)(C)C(=O)OC. The summed E-state index contributed by atoms with van der Waals surface area (Å²) < 4.78 is 4.62. The van der Waals surface area contributed by atoms with E-state index in [9.17, 15) is 9.59 Å². The van der Waals surface area contributed by atoms with E-state index in [0.717, 1.165) is 0 Å². The fraction of sp³-hybridized carbons (Fsp3) is 0.727. The van der Waals surface area contributed by atoms with Crippen molar-refractivity contribution in [1.82, 2.24) is 0 Å². The average Bonchev–Trinajstić information content (AvgIpc) is 2.00. The molecule has 0 fully saturated rings. The second-order valence-corrected chi connectivity index (χ2v) is 4.86. The van der Waals surface area contributed by atoms with Gasteiger partial charge in [-0.2, -0.15) is 0 Å². The van der Waals surface area contributed by atoms with E-state index in [0.29, 0.717) is 0 Å². The number of methoxy groups -OCH3 is 1. The smallest absolute Gasteiger partial charge is 0.311 e. The standard InChI is InChI=1S/C11H19O3/c1-10(2,3)8(12)7-11(4,5)9(13)14-6/h1,7H2,2-6H3/q+1. The van der Waals surface area contributed by atoms with Crippen molar-refractivity contribution in [3.05, 3.63) is 6.92 Å². The first-order valence-electron chi connectivity index (χ1n) is 4.58. The molecule has 0 bridgehead atoms. The van der Waals surface area contributed by atoms with Gasteiger partial charge in [0.2, 0.25) is 0 Å². The number of hydrogen-bond acceptors (Lipinski definition) is 3. The van der Waals surface area contributed by atoms with Gasteiger partial charge in [-0.3, -0.25) is 9.59 Å². The summed E-state index contributed by atoms with van der Waals surface area (Å²) in [7, 11) is 1.32. The predicted molar refractivity (Wildman–Crippen MR) is 54.6 cm³/mol. The fourth-order valence-electron chi connectivity index (χ4n) is 0.989. The van der Waals surface area contributed by atoms with Crippen molar-refractivity contribution in [2.45, 2.75) is 34.1 Å². The van der Waals surface area contributed by atoms with Gasteiger partial charge in [0.1, 0.15) is 0 Å². The Kier molecular flexibility index (Phi) is 3.74. The summed E-state index contributed by atoms with van der Waals surface area (Å²) in [5.41, 5.74) is -1.41. The van der Waals surface area contributed by atoms with E-state index >= 15 is 0 Å². The predicted octanol–water partition coefficient (Wildman–Crippen LogP) is 2.01. The molecule has 0 radical (unpaired) electrons. The van der Waals surface area contributed by atoms with Crippen LogP contribution in [0.3, 0.4) is 0 Å². The van der Waals surface area contributed by atoms with Gasteiger partial charge in [-0.1, -0.05) is 0 Å². The van der Waals surface area contributed by atoms with E-state index in [2.05, 4.69) is 11.7 Å². The minimum Gasteiger partial charge on any atom is -0.469 e. The number of ether oxygens (including phenoxy) is 1. The number of ketones is 1. The van der Waals surface area contributed by atoms with Gasteiger partial charge in [0, 0.05) is 6.42 Å². The number of rotatable bonds is 4. The largest absolute Gasteiger partial charge is 0.469 e. The number of carbonyl (C=O) groups is 2. The van der Waals surface area contributed by atoms with Crippen LogP contribution in [0.25, 0.3) is 0 Å². The first-order chi connectivity index (χ1) is 6.11. The topological polar surface area (TPSA) is 43.4 Å². The molecule has 0 saturated heterocycles. The molecule has 0 aliphatic carbocycles. The molecule has 0 unspecified atom stereocenters. The first-order valence-corrected chi connectivity index (χ1v) is 4.58. The molecule has 0 spiro atoms. The lowest BCUT2D eigenvalue weighted by atomic mass is 9.79. The number of esters is 1. The van der Waals surface area contributed by atoms with Crippen LogP contribution in [0.1, 0.15) is 34.1 Å². The van der Waals surface area contributed by atoms with E-state index in [1.807, 2.05) is 0 Å². The lowest BCUT2D eigenvalue weighted by Gasteiger charge is -2.22. The van der Waals surface area contributed by atoms with Crippen LogP contribution in [0.4, 0.5) is 0 Å². The van der Waals surface area contributed by atoms with Gasteiger partial charge in [0.25, 0.3) is 0 Å². The van der Waals surface area contributed by atoms with Crippen LogP contribution in [-0.2, 0) is 14.3 Å². The van der Waals surface area contributed by atoms with Gasteiger partial charge in [-0.05, 0) is 27.7 Å². The fourth-order valence-corrected chi connectivity index (χ4v) is 0.989. The normalized spacial score (nSPS) is 12.4. The zero-order valence-electron chi connectivity index (χ0n) is 9.64. The molecular formula is C11H19O3+. The van der Waals surface area contributed by atoms with Crippen LogP contribution in [0, 0.1) is 17.8 Å². The monoisotopic (exact) mass is 199 g/mol. The summed E-state index contributed by atoms with van der Waals surface area (Å²) in [6, 6.07) is 0. The second-order valence-electron chi connectivity index (χ2n) is 4.86. The lowest BCUT2D eigenvalue weighted by Crippen LogP contribution is -2.33. The Morgan fingerprint density at radius 3 is 1.93 bits per heavy atom. The van der Waals surface area contributed by atoms with Crippen LogP contribution in [0.5, 0.6) is 0 Å². The van der Waals surface area contributed by atoms with Crippen molar-refractivity contribution in [3.8, 4) is 0 Å². The zero-order valence-corrected chi connectivity index (χ0v) is 9.64. The molecule has 0 heterocycles. The molecular weight excluding hydrogens is 180 g/mol. The second kappa shape index (κ2) is 4.03. The summed E-state index contributed by atoms with van der Waals surface area (Å²) in [5, 5.41) is 0. The molecule has 0 aromatic rings. The maximum absolute atomic E-state index is 11.6. The molecule has 0 amide bonds. The van der Waals surface area contributed by atoms with Gasteiger partial charge < -0.3 is 4.74 Å². The van der Waals surface area contributed by atoms with Crippen molar-refractivity contribution in [2.75, 3.05) is 7.11 Å². The highest BCUT2D eigenvalue weighted by molar-refractivity contribution is 5.90. The summed E-state index contributed by atoms with van der Waals surface area (Å²) in [5.74, 6) is -0.400. The summed E-state index contributed by atoms with van der Waals surface area (Å²) in [4.78, 5) is 22.9. The van der Waals surface area contributed by atoms with Crippen LogP contribution in [0.2, 0.25) is 0 Å². The molecule has 14 heavy (non-hydrogen) atoms. The Bertz CT molecular complexity index is 233. The lowest BCUT2D eigenvalue weighted by molar-refractivity contribution is -0.153. The minimum absolute atomic E-state index is 0.0344. The molecule has 0 aliphatic heterocycles.